The standard InChI is InChI=1S/C17H16F3N3O3/c1-25-15(24)12-4-2-3-11(9-12)10-22-16(21)23-13-5-7-14(8-6-13)26-17(18,19)20/h2-9H,10H2,1H3,(H3,21,22,23). The van der Waals surface area contributed by atoms with Gasteiger partial charge in [0.15, 0.2) is 5.96 Å². The van der Waals surface area contributed by atoms with Gasteiger partial charge in [0.2, 0.25) is 0 Å². The van der Waals surface area contributed by atoms with Crippen molar-refractivity contribution < 1.29 is 27.4 Å². The number of carbonyl (C=O) groups is 1. The first-order valence-electron chi connectivity index (χ1n) is 7.37. The number of rotatable bonds is 5. The normalized spacial score (nSPS) is 11.8. The maximum Gasteiger partial charge on any atom is 0.573 e. The zero-order valence-electron chi connectivity index (χ0n) is 13.7. The molecule has 0 saturated carbocycles. The number of hydrogen-bond donors (Lipinski definition) is 2. The third-order valence-electron chi connectivity index (χ3n) is 3.14. The van der Waals surface area contributed by atoms with Gasteiger partial charge in [-0.3, -0.25) is 0 Å². The lowest BCUT2D eigenvalue weighted by Crippen LogP contribution is -2.22. The molecule has 0 radical (unpaired) electrons. The van der Waals surface area contributed by atoms with Crippen LogP contribution in [0.2, 0.25) is 0 Å². The molecule has 0 aliphatic heterocycles. The van der Waals surface area contributed by atoms with Crippen LogP contribution in [0.4, 0.5) is 18.9 Å². The van der Waals surface area contributed by atoms with Crippen LogP contribution < -0.4 is 15.8 Å². The quantitative estimate of drug-likeness (QED) is 0.481. The summed E-state index contributed by atoms with van der Waals surface area (Å²) < 4.78 is 44.7. The average molecular weight is 367 g/mol. The highest BCUT2D eigenvalue weighted by Gasteiger charge is 2.30. The van der Waals surface area contributed by atoms with Gasteiger partial charge in [-0.25, -0.2) is 9.79 Å². The molecule has 0 fully saturated rings. The van der Waals surface area contributed by atoms with Crippen LogP contribution in [0, 0.1) is 0 Å². The highest BCUT2D eigenvalue weighted by atomic mass is 19.4. The van der Waals surface area contributed by atoms with Gasteiger partial charge in [-0.1, -0.05) is 12.1 Å². The molecule has 2 aromatic rings. The van der Waals surface area contributed by atoms with Gasteiger partial charge in [0.05, 0.1) is 19.2 Å². The molecule has 0 aliphatic rings. The summed E-state index contributed by atoms with van der Waals surface area (Å²) in [5.74, 6) is -0.723. The molecular weight excluding hydrogens is 351 g/mol. The Kier molecular flexibility index (Phi) is 6.05. The van der Waals surface area contributed by atoms with Crippen LogP contribution in [0.1, 0.15) is 15.9 Å². The summed E-state index contributed by atoms with van der Waals surface area (Å²) in [5.41, 5.74) is 7.34. The Hall–Kier alpha value is -3.23. The number of nitrogens with zero attached hydrogens (tertiary/aromatic N) is 1. The summed E-state index contributed by atoms with van der Waals surface area (Å²) in [6.07, 6.45) is -4.74. The summed E-state index contributed by atoms with van der Waals surface area (Å²) in [4.78, 5) is 15.6. The Morgan fingerprint density at radius 2 is 1.88 bits per heavy atom. The molecule has 0 saturated heterocycles. The summed E-state index contributed by atoms with van der Waals surface area (Å²) in [7, 11) is 1.29. The molecule has 0 unspecified atom stereocenters. The lowest BCUT2D eigenvalue weighted by atomic mass is 10.1. The van der Waals surface area contributed by atoms with Crippen molar-refractivity contribution in [2.75, 3.05) is 12.4 Å². The molecule has 0 amide bonds. The SMILES string of the molecule is COC(=O)c1cccc(CN=C(N)Nc2ccc(OC(F)(F)F)cc2)c1. The van der Waals surface area contributed by atoms with Crippen LogP contribution in [-0.4, -0.2) is 25.4 Å². The summed E-state index contributed by atoms with van der Waals surface area (Å²) in [5, 5.41) is 2.75. The zero-order chi connectivity index (χ0) is 19.2. The Balaban J connectivity index is 1.97. The summed E-state index contributed by atoms with van der Waals surface area (Å²) >= 11 is 0. The molecular formula is C17H16F3N3O3. The van der Waals surface area contributed by atoms with Crippen molar-refractivity contribution >= 4 is 17.6 Å². The number of esters is 1. The number of guanidine groups is 1. The minimum atomic E-state index is -4.74. The second-order valence-electron chi connectivity index (χ2n) is 5.09. The molecule has 26 heavy (non-hydrogen) atoms. The molecule has 3 N–H and O–H groups in total. The number of benzene rings is 2. The highest BCUT2D eigenvalue weighted by molar-refractivity contribution is 5.92. The predicted octanol–water partition coefficient (Wildman–Crippen LogP) is 3.30. The monoisotopic (exact) mass is 367 g/mol. The van der Waals surface area contributed by atoms with E-state index in [1.165, 1.54) is 19.2 Å². The Morgan fingerprint density at radius 1 is 1.19 bits per heavy atom. The van der Waals surface area contributed by atoms with E-state index < -0.39 is 12.3 Å². The van der Waals surface area contributed by atoms with E-state index in [9.17, 15) is 18.0 Å². The van der Waals surface area contributed by atoms with E-state index in [1.807, 2.05) is 0 Å². The first kappa shape index (κ1) is 19.1. The first-order chi connectivity index (χ1) is 12.3. The fourth-order valence-electron chi connectivity index (χ4n) is 2.02. The molecule has 0 bridgehead atoms. The third kappa shape index (κ3) is 6.00. The van der Waals surface area contributed by atoms with Gasteiger partial charge in [-0.15, -0.1) is 13.2 Å². The van der Waals surface area contributed by atoms with Crippen molar-refractivity contribution in [3.63, 3.8) is 0 Å². The van der Waals surface area contributed by atoms with Gasteiger partial charge in [0, 0.05) is 5.69 Å². The number of halogens is 3. The Bertz CT molecular complexity index is 790. The summed E-state index contributed by atoms with van der Waals surface area (Å²) in [6.45, 7) is 0.207. The molecule has 0 aromatic heterocycles. The Labute approximate surface area is 147 Å². The number of carbonyl (C=O) groups excluding carboxylic acids is 1. The maximum atomic E-state index is 12.1. The van der Waals surface area contributed by atoms with Crippen molar-refractivity contribution in [3.05, 3.63) is 59.7 Å². The smallest absolute Gasteiger partial charge is 0.465 e. The lowest BCUT2D eigenvalue weighted by molar-refractivity contribution is -0.274. The van der Waals surface area contributed by atoms with Gasteiger partial charge in [0.25, 0.3) is 0 Å². The fraction of sp³-hybridized carbons (Fsp3) is 0.176. The number of aliphatic imine (C=N–C) groups is 1. The number of nitrogens with one attached hydrogen (secondary N) is 1. The van der Waals surface area contributed by atoms with Gasteiger partial charge in [-0.2, -0.15) is 0 Å². The van der Waals surface area contributed by atoms with E-state index in [-0.39, 0.29) is 18.3 Å². The van der Waals surface area contributed by atoms with Crippen molar-refractivity contribution in [2.45, 2.75) is 12.9 Å². The van der Waals surface area contributed by atoms with Crippen LogP contribution in [0.25, 0.3) is 0 Å². The molecule has 0 aliphatic carbocycles. The maximum absolute atomic E-state index is 12.1. The van der Waals surface area contributed by atoms with E-state index in [0.29, 0.717) is 11.3 Å². The largest absolute Gasteiger partial charge is 0.573 e. The topological polar surface area (TPSA) is 85.9 Å². The number of methoxy groups -OCH3 is 1. The molecule has 138 valence electrons. The molecule has 2 aromatic carbocycles. The molecule has 0 atom stereocenters. The third-order valence-corrected chi connectivity index (χ3v) is 3.14. The second kappa shape index (κ2) is 8.24. The Morgan fingerprint density at radius 3 is 2.50 bits per heavy atom. The van der Waals surface area contributed by atoms with Crippen LogP contribution in [0.3, 0.4) is 0 Å². The van der Waals surface area contributed by atoms with Gasteiger partial charge in [0.1, 0.15) is 5.75 Å². The number of anilines is 1. The fourth-order valence-corrected chi connectivity index (χ4v) is 2.02. The van der Waals surface area contributed by atoms with Crippen molar-refractivity contribution in [3.8, 4) is 5.75 Å². The second-order valence-corrected chi connectivity index (χ2v) is 5.09. The lowest BCUT2D eigenvalue weighted by Gasteiger charge is -2.10. The number of ether oxygens (including phenoxy) is 2. The number of hydrogen-bond acceptors (Lipinski definition) is 4. The van der Waals surface area contributed by atoms with Crippen LogP contribution in [0.5, 0.6) is 5.75 Å². The molecule has 0 spiro atoms. The van der Waals surface area contributed by atoms with Crippen LogP contribution in [0.15, 0.2) is 53.5 Å². The number of alkyl halides is 3. The van der Waals surface area contributed by atoms with Gasteiger partial charge >= 0.3 is 12.3 Å². The molecule has 2 rings (SSSR count). The first-order valence-corrected chi connectivity index (χ1v) is 7.37. The van der Waals surface area contributed by atoms with E-state index >= 15 is 0 Å². The van der Waals surface area contributed by atoms with Crippen LogP contribution >= 0.6 is 0 Å². The van der Waals surface area contributed by atoms with E-state index in [1.54, 1.807) is 24.3 Å². The van der Waals surface area contributed by atoms with Gasteiger partial charge < -0.3 is 20.5 Å². The van der Waals surface area contributed by atoms with E-state index in [2.05, 4.69) is 19.8 Å². The average Bonchev–Trinajstić information content (AvgIpc) is 2.60. The number of nitrogens with two attached hydrogens (primary N) is 1. The molecule has 6 nitrogen and oxygen atoms in total. The zero-order valence-corrected chi connectivity index (χ0v) is 13.7. The van der Waals surface area contributed by atoms with E-state index in [0.717, 1.165) is 17.7 Å². The predicted molar refractivity (Wildman–Crippen MR) is 89.9 cm³/mol. The minimum Gasteiger partial charge on any atom is -0.465 e. The van der Waals surface area contributed by atoms with Crippen molar-refractivity contribution in [2.24, 2.45) is 10.7 Å². The molecule has 0 heterocycles. The highest BCUT2D eigenvalue weighted by Crippen LogP contribution is 2.23. The van der Waals surface area contributed by atoms with Crippen molar-refractivity contribution in [1.82, 2.24) is 0 Å². The van der Waals surface area contributed by atoms with Crippen LogP contribution in [-0.2, 0) is 11.3 Å². The van der Waals surface area contributed by atoms with E-state index in [4.69, 9.17) is 5.73 Å². The van der Waals surface area contributed by atoms with Gasteiger partial charge in [-0.05, 0) is 42.0 Å². The minimum absolute atomic E-state index is 0.0676. The molecule has 9 heteroatoms. The van der Waals surface area contributed by atoms with Crippen molar-refractivity contribution in [1.29, 1.82) is 0 Å². The summed E-state index contributed by atoms with van der Waals surface area (Å²) in [6, 6.07) is 11.8.